The van der Waals surface area contributed by atoms with Gasteiger partial charge in [-0.2, -0.15) is 5.10 Å². The Bertz CT molecular complexity index is 855. The molecule has 7 nitrogen and oxygen atoms in total. The van der Waals surface area contributed by atoms with Crippen LogP contribution in [0.4, 0.5) is 0 Å². The maximum atomic E-state index is 12.2. The first-order valence-corrected chi connectivity index (χ1v) is 6.83. The number of nitrogens with zero attached hydrogens (tertiary/aromatic N) is 2. The molecule has 23 heavy (non-hydrogen) atoms. The van der Waals surface area contributed by atoms with E-state index < -0.39 is 5.78 Å². The first-order valence-electron chi connectivity index (χ1n) is 6.45. The Labute approximate surface area is 135 Å². The monoisotopic (exact) mass is 331 g/mol. The Balaban J connectivity index is 1.83. The van der Waals surface area contributed by atoms with E-state index in [9.17, 15) is 9.90 Å². The van der Waals surface area contributed by atoms with Crippen LogP contribution in [0, 0.1) is 0 Å². The van der Waals surface area contributed by atoms with Crippen molar-refractivity contribution in [1.29, 1.82) is 0 Å². The van der Waals surface area contributed by atoms with Gasteiger partial charge in [0.05, 0.1) is 6.26 Å². The Kier molecular flexibility index (Phi) is 4.11. The second-order valence-electron chi connectivity index (χ2n) is 4.40. The number of aromatic amines is 1. The zero-order chi connectivity index (χ0) is 16.2. The molecule has 0 spiro atoms. The molecule has 8 heteroatoms. The number of benzene rings is 1. The number of rotatable bonds is 5. The second-order valence-corrected chi connectivity index (χ2v) is 4.84. The molecule has 2 aromatic heterocycles. The Morgan fingerprint density at radius 3 is 3.00 bits per heavy atom. The number of hydrogen-bond donors (Lipinski definition) is 2. The quantitative estimate of drug-likeness (QED) is 0.420. The fourth-order valence-corrected chi connectivity index (χ4v) is 1.98. The number of H-pyrrole nitrogens is 1. The van der Waals surface area contributed by atoms with E-state index in [1.54, 1.807) is 24.3 Å². The minimum atomic E-state index is -0.582. The van der Waals surface area contributed by atoms with Crippen molar-refractivity contribution < 1.29 is 19.1 Å². The van der Waals surface area contributed by atoms with Crippen molar-refractivity contribution in [3.8, 4) is 11.5 Å². The van der Waals surface area contributed by atoms with Gasteiger partial charge in [0, 0.05) is 17.2 Å². The number of carbonyl (C=O) groups excluding carboxylic acids is 1. The SMILES string of the molecule is O=C(C=C(O)c1ncn[nH]1)c1occc1Oc1cccc(Cl)c1. The average Bonchev–Trinajstić information content (AvgIpc) is 3.18. The number of aliphatic hydroxyl groups is 1. The molecule has 0 saturated carbocycles. The summed E-state index contributed by atoms with van der Waals surface area (Å²) in [6.45, 7) is 0. The average molecular weight is 332 g/mol. The molecule has 0 fully saturated rings. The molecule has 0 aliphatic carbocycles. The summed E-state index contributed by atoms with van der Waals surface area (Å²) in [6, 6.07) is 8.20. The topological polar surface area (TPSA) is 101 Å². The van der Waals surface area contributed by atoms with Gasteiger partial charge in [-0.25, -0.2) is 4.98 Å². The van der Waals surface area contributed by atoms with Crippen molar-refractivity contribution in [2.45, 2.75) is 0 Å². The Hall–Kier alpha value is -3.06. The lowest BCUT2D eigenvalue weighted by molar-refractivity contribution is 0.101. The molecule has 0 unspecified atom stereocenters. The number of halogens is 1. The van der Waals surface area contributed by atoms with Gasteiger partial charge in [-0.3, -0.25) is 9.89 Å². The lowest BCUT2D eigenvalue weighted by Gasteiger charge is -2.04. The van der Waals surface area contributed by atoms with Crippen LogP contribution >= 0.6 is 11.6 Å². The summed E-state index contributed by atoms with van der Waals surface area (Å²) in [5, 5.41) is 16.3. The van der Waals surface area contributed by atoms with Gasteiger partial charge >= 0.3 is 0 Å². The minimum absolute atomic E-state index is 0.0592. The van der Waals surface area contributed by atoms with E-state index in [0.717, 1.165) is 6.08 Å². The number of aromatic nitrogens is 3. The molecule has 0 aliphatic heterocycles. The maximum Gasteiger partial charge on any atom is 0.228 e. The molecule has 0 saturated heterocycles. The smallest absolute Gasteiger partial charge is 0.228 e. The summed E-state index contributed by atoms with van der Waals surface area (Å²) in [4.78, 5) is 15.9. The van der Waals surface area contributed by atoms with Crippen LogP contribution in [0.25, 0.3) is 5.76 Å². The standard InChI is InChI=1S/C15H10ClN3O4/c16-9-2-1-3-10(6-9)23-13-4-5-22-14(13)11(20)7-12(21)15-17-8-18-19-15/h1-8,21H,(H,17,18,19). The molecule has 3 rings (SSSR count). The van der Waals surface area contributed by atoms with Crippen LogP contribution in [0.15, 0.2) is 53.4 Å². The first-order chi connectivity index (χ1) is 11.1. The molecule has 0 bridgehead atoms. The highest BCUT2D eigenvalue weighted by atomic mass is 35.5. The zero-order valence-corrected chi connectivity index (χ0v) is 12.3. The molecule has 2 N–H and O–H groups in total. The van der Waals surface area contributed by atoms with Gasteiger partial charge in [-0.05, 0) is 18.2 Å². The van der Waals surface area contributed by atoms with Gasteiger partial charge in [-0.1, -0.05) is 17.7 Å². The number of ether oxygens (including phenoxy) is 1. The molecule has 0 radical (unpaired) electrons. The summed E-state index contributed by atoms with van der Waals surface area (Å²) in [5.41, 5.74) is 0. The number of aliphatic hydroxyl groups excluding tert-OH is 1. The third kappa shape index (κ3) is 3.41. The Morgan fingerprint density at radius 1 is 1.39 bits per heavy atom. The van der Waals surface area contributed by atoms with Crippen LogP contribution in [-0.4, -0.2) is 26.1 Å². The Morgan fingerprint density at radius 2 is 2.26 bits per heavy atom. The molecule has 0 aliphatic rings. The number of allylic oxidation sites excluding steroid dienone is 1. The molecule has 0 amide bonds. The van der Waals surface area contributed by atoms with Crippen LogP contribution in [0.2, 0.25) is 5.02 Å². The van der Waals surface area contributed by atoms with E-state index in [1.807, 2.05) is 0 Å². The zero-order valence-electron chi connectivity index (χ0n) is 11.6. The van der Waals surface area contributed by atoms with Gasteiger partial charge in [0.1, 0.15) is 12.1 Å². The van der Waals surface area contributed by atoms with Crippen LogP contribution in [0.5, 0.6) is 11.5 Å². The van der Waals surface area contributed by atoms with Crippen LogP contribution in [0.3, 0.4) is 0 Å². The van der Waals surface area contributed by atoms with Crippen LogP contribution in [0.1, 0.15) is 16.4 Å². The van der Waals surface area contributed by atoms with Crippen LogP contribution in [-0.2, 0) is 0 Å². The van der Waals surface area contributed by atoms with E-state index in [0.29, 0.717) is 10.8 Å². The summed E-state index contributed by atoms with van der Waals surface area (Å²) >= 11 is 5.88. The number of furan rings is 1. The van der Waals surface area contributed by atoms with E-state index in [-0.39, 0.29) is 23.1 Å². The van der Waals surface area contributed by atoms with Crippen LogP contribution < -0.4 is 4.74 Å². The summed E-state index contributed by atoms with van der Waals surface area (Å²) in [7, 11) is 0. The highest BCUT2D eigenvalue weighted by molar-refractivity contribution is 6.30. The summed E-state index contributed by atoms with van der Waals surface area (Å²) < 4.78 is 10.7. The van der Waals surface area contributed by atoms with Crippen molar-refractivity contribution in [3.05, 3.63) is 65.6 Å². The lowest BCUT2D eigenvalue weighted by Crippen LogP contribution is -1.98. The fraction of sp³-hybridized carbons (Fsp3) is 0. The van der Waals surface area contributed by atoms with Crippen molar-refractivity contribution in [2.24, 2.45) is 0 Å². The third-order valence-electron chi connectivity index (χ3n) is 2.80. The number of hydrogen-bond acceptors (Lipinski definition) is 6. The van der Waals surface area contributed by atoms with Crippen molar-refractivity contribution >= 4 is 23.1 Å². The van der Waals surface area contributed by atoms with E-state index in [2.05, 4.69) is 15.2 Å². The molecular weight excluding hydrogens is 322 g/mol. The predicted octanol–water partition coefficient (Wildman–Crippen LogP) is 3.63. The van der Waals surface area contributed by atoms with E-state index in [1.165, 1.54) is 18.7 Å². The van der Waals surface area contributed by atoms with Gasteiger partial charge in [0.15, 0.2) is 17.3 Å². The van der Waals surface area contributed by atoms with Gasteiger partial charge in [0.2, 0.25) is 11.5 Å². The minimum Gasteiger partial charge on any atom is -0.504 e. The molecule has 0 atom stereocenters. The van der Waals surface area contributed by atoms with Gasteiger partial charge < -0.3 is 14.3 Å². The third-order valence-corrected chi connectivity index (χ3v) is 3.04. The lowest BCUT2D eigenvalue weighted by atomic mass is 10.2. The largest absolute Gasteiger partial charge is 0.504 e. The fourth-order valence-electron chi connectivity index (χ4n) is 1.80. The normalized spacial score (nSPS) is 11.4. The number of carbonyl (C=O) groups is 1. The maximum absolute atomic E-state index is 12.2. The first kappa shape index (κ1) is 14.9. The van der Waals surface area contributed by atoms with E-state index >= 15 is 0 Å². The van der Waals surface area contributed by atoms with Crippen molar-refractivity contribution in [3.63, 3.8) is 0 Å². The van der Waals surface area contributed by atoms with Gasteiger partial charge in [-0.15, -0.1) is 0 Å². The van der Waals surface area contributed by atoms with Crippen molar-refractivity contribution in [2.75, 3.05) is 0 Å². The molecule has 2 heterocycles. The summed E-state index contributed by atoms with van der Waals surface area (Å²) in [5.74, 6) is -0.271. The molecule has 1 aromatic carbocycles. The number of ketones is 1. The van der Waals surface area contributed by atoms with Gasteiger partial charge in [0.25, 0.3) is 0 Å². The molecule has 116 valence electrons. The van der Waals surface area contributed by atoms with Crippen molar-refractivity contribution in [1.82, 2.24) is 15.2 Å². The molecule has 3 aromatic rings. The predicted molar refractivity (Wildman–Crippen MR) is 81.6 cm³/mol. The summed E-state index contributed by atoms with van der Waals surface area (Å²) in [6.07, 6.45) is 3.49. The second kappa shape index (κ2) is 6.37. The highest BCUT2D eigenvalue weighted by Crippen LogP contribution is 2.28. The number of nitrogens with one attached hydrogen (secondary N) is 1. The molecular formula is C15H10ClN3O4. The highest BCUT2D eigenvalue weighted by Gasteiger charge is 2.17. The van der Waals surface area contributed by atoms with E-state index in [4.69, 9.17) is 20.8 Å².